The van der Waals surface area contributed by atoms with Crippen molar-refractivity contribution in [3.05, 3.63) is 57.0 Å². The second kappa shape index (κ2) is 10.3. The second-order valence-corrected chi connectivity index (χ2v) is 7.92. The van der Waals surface area contributed by atoms with Gasteiger partial charge in [0.2, 0.25) is 5.91 Å². The number of carbonyl (C=O) groups is 2. The zero-order valence-corrected chi connectivity index (χ0v) is 19.3. The highest BCUT2D eigenvalue weighted by Gasteiger charge is 2.24. The molecule has 2 aliphatic rings. The first-order valence-electron chi connectivity index (χ1n) is 10.1. The Bertz CT molecular complexity index is 1050. The van der Waals surface area contributed by atoms with Crippen LogP contribution >= 0.6 is 24.8 Å². The molecule has 0 atom stereocenters. The second-order valence-electron chi connectivity index (χ2n) is 7.92. The van der Waals surface area contributed by atoms with E-state index in [-0.39, 0.29) is 47.9 Å². The van der Waals surface area contributed by atoms with Gasteiger partial charge in [0.25, 0.3) is 11.5 Å². The van der Waals surface area contributed by atoms with Crippen LogP contribution < -0.4 is 21.5 Å². The average molecular weight is 467 g/mol. The van der Waals surface area contributed by atoms with E-state index < -0.39 is 5.91 Å². The van der Waals surface area contributed by atoms with Gasteiger partial charge in [-0.2, -0.15) is 0 Å². The van der Waals surface area contributed by atoms with Crippen LogP contribution in [0.2, 0.25) is 0 Å². The van der Waals surface area contributed by atoms with Crippen LogP contribution in [0, 0.1) is 13.8 Å². The van der Waals surface area contributed by atoms with Gasteiger partial charge in [-0.25, -0.2) is 0 Å². The molecule has 0 aliphatic carbocycles. The van der Waals surface area contributed by atoms with Crippen LogP contribution in [0.5, 0.6) is 0 Å². The number of fused-ring (bicyclic) bond motifs is 1. The fraction of sp³-hybridized carbons (Fsp3) is 0.409. The Balaban J connectivity index is 0.00000171. The Morgan fingerprint density at radius 3 is 2.52 bits per heavy atom. The Morgan fingerprint density at radius 1 is 1.10 bits per heavy atom. The molecule has 31 heavy (non-hydrogen) atoms. The van der Waals surface area contributed by atoms with Gasteiger partial charge in [-0.3, -0.25) is 14.4 Å². The van der Waals surface area contributed by atoms with Crippen LogP contribution in [-0.4, -0.2) is 29.5 Å². The monoisotopic (exact) mass is 466 g/mol. The number of hydrogen-bond acceptors (Lipinski definition) is 4. The highest BCUT2D eigenvalue weighted by atomic mass is 35.5. The number of aromatic nitrogens is 1. The number of hydrogen-bond donors (Lipinski definition) is 3. The Labute approximate surface area is 193 Å². The smallest absolute Gasteiger partial charge is 0.263 e. The van der Waals surface area contributed by atoms with E-state index in [1.807, 2.05) is 25.1 Å². The molecule has 9 heteroatoms. The van der Waals surface area contributed by atoms with Crippen molar-refractivity contribution in [2.24, 2.45) is 0 Å². The normalized spacial score (nSPS) is 15.7. The van der Waals surface area contributed by atoms with E-state index in [1.54, 1.807) is 17.7 Å². The SMILES string of the molecule is Cc1cc2c(c(NC(=O)c3c(C)ccn(C4CCNCC4)c3=O)c1)NC(=O)CC2.Cl.Cl. The number of rotatable bonds is 3. The Kier molecular flexibility index (Phi) is 8.28. The molecule has 1 fully saturated rings. The Hall–Kier alpha value is -2.35. The zero-order valence-electron chi connectivity index (χ0n) is 17.6. The van der Waals surface area contributed by atoms with Gasteiger partial charge in [-0.15, -0.1) is 24.8 Å². The molecule has 1 saturated heterocycles. The molecule has 2 aromatic rings. The fourth-order valence-electron chi connectivity index (χ4n) is 4.23. The predicted octanol–water partition coefficient (Wildman–Crippen LogP) is 3.37. The minimum atomic E-state index is -0.441. The average Bonchev–Trinajstić information content (AvgIpc) is 2.69. The third-order valence-corrected chi connectivity index (χ3v) is 5.76. The number of piperidine rings is 1. The van der Waals surface area contributed by atoms with Crippen molar-refractivity contribution in [3.63, 3.8) is 0 Å². The van der Waals surface area contributed by atoms with Crippen molar-refractivity contribution >= 4 is 48.0 Å². The summed E-state index contributed by atoms with van der Waals surface area (Å²) < 4.78 is 1.69. The van der Waals surface area contributed by atoms with Gasteiger partial charge in [0, 0.05) is 18.7 Å². The predicted molar refractivity (Wildman–Crippen MR) is 127 cm³/mol. The summed E-state index contributed by atoms with van der Waals surface area (Å²) in [6.07, 6.45) is 4.59. The van der Waals surface area contributed by atoms with Crippen molar-refractivity contribution in [1.82, 2.24) is 9.88 Å². The quantitative estimate of drug-likeness (QED) is 0.646. The molecule has 0 radical (unpaired) electrons. The first-order chi connectivity index (χ1) is 13.9. The highest BCUT2D eigenvalue weighted by molar-refractivity contribution is 6.08. The number of aryl methyl sites for hydroxylation is 3. The minimum Gasteiger partial charge on any atom is -0.324 e. The number of carbonyl (C=O) groups excluding carboxylic acids is 2. The van der Waals surface area contributed by atoms with E-state index in [2.05, 4.69) is 16.0 Å². The summed E-state index contributed by atoms with van der Waals surface area (Å²) in [5, 5.41) is 9.04. The Morgan fingerprint density at radius 2 is 1.81 bits per heavy atom. The molecule has 0 bridgehead atoms. The maximum atomic E-state index is 13.1. The fourth-order valence-corrected chi connectivity index (χ4v) is 4.23. The van der Waals surface area contributed by atoms with E-state index in [0.29, 0.717) is 29.8 Å². The summed E-state index contributed by atoms with van der Waals surface area (Å²) >= 11 is 0. The number of nitrogens with zero attached hydrogens (tertiary/aromatic N) is 1. The van der Waals surface area contributed by atoms with Crippen molar-refractivity contribution in [2.75, 3.05) is 23.7 Å². The van der Waals surface area contributed by atoms with Gasteiger partial charge in [0.15, 0.2) is 0 Å². The lowest BCUT2D eigenvalue weighted by Crippen LogP contribution is -2.37. The molecule has 0 saturated carbocycles. The van der Waals surface area contributed by atoms with Crippen LogP contribution in [0.25, 0.3) is 0 Å². The first kappa shape index (κ1) is 24.9. The van der Waals surface area contributed by atoms with Gasteiger partial charge in [-0.1, -0.05) is 6.07 Å². The maximum absolute atomic E-state index is 13.1. The number of anilines is 2. The van der Waals surface area contributed by atoms with Gasteiger partial charge in [0.05, 0.1) is 11.4 Å². The number of benzene rings is 1. The van der Waals surface area contributed by atoms with Gasteiger partial charge in [-0.05, 0) is 75.0 Å². The van der Waals surface area contributed by atoms with Crippen LogP contribution in [0.4, 0.5) is 11.4 Å². The van der Waals surface area contributed by atoms with Gasteiger partial charge in [0.1, 0.15) is 5.56 Å². The molecular formula is C22H28Cl2N4O3. The number of amides is 2. The zero-order chi connectivity index (χ0) is 20.5. The van der Waals surface area contributed by atoms with E-state index in [0.717, 1.165) is 37.1 Å². The van der Waals surface area contributed by atoms with Crippen LogP contribution in [-0.2, 0) is 11.2 Å². The summed E-state index contributed by atoms with van der Waals surface area (Å²) in [4.78, 5) is 38.1. The molecule has 168 valence electrons. The van der Waals surface area contributed by atoms with Crippen molar-refractivity contribution in [2.45, 2.75) is 45.6 Å². The van der Waals surface area contributed by atoms with Crippen molar-refractivity contribution < 1.29 is 9.59 Å². The molecule has 3 N–H and O–H groups in total. The molecule has 2 amide bonds. The van der Waals surface area contributed by atoms with E-state index in [4.69, 9.17) is 0 Å². The lowest BCUT2D eigenvalue weighted by Gasteiger charge is -2.25. The lowest BCUT2D eigenvalue weighted by atomic mass is 9.99. The third kappa shape index (κ3) is 5.11. The number of halogens is 2. The summed E-state index contributed by atoms with van der Waals surface area (Å²) in [6.45, 7) is 5.45. The number of nitrogens with one attached hydrogen (secondary N) is 3. The summed E-state index contributed by atoms with van der Waals surface area (Å²) in [7, 11) is 0. The first-order valence-corrected chi connectivity index (χ1v) is 10.1. The molecule has 7 nitrogen and oxygen atoms in total. The van der Waals surface area contributed by atoms with Crippen LogP contribution in [0.1, 0.15) is 52.4 Å². The highest BCUT2D eigenvalue weighted by Crippen LogP contribution is 2.32. The molecular weight excluding hydrogens is 439 g/mol. The molecule has 1 aromatic carbocycles. The van der Waals surface area contributed by atoms with Crippen molar-refractivity contribution in [1.29, 1.82) is 0 Å². The molecule has 4 rings (SSSR count). The topological polar surface area (TPSA) is 92.2 Å². The molecule has 1 aromatic heterocycles. The number of pyridine rings is 1. The summed E-state index contributed by atoms with van der Waals surface area (Å²) in [5.41, 5.74) is 3.69. The standard InChI is InChI=1S/C22H26N4O3.2ClH/c1-13-11-15-3-4-18(27)25-20(15)17(12-13)24-21(28)19-14(2)7-10-26(22(19)29)16-5-8-23-9-6-16;;/h7,10-12,16,23H,3-6,8-9H2,1-2H3,(H,24,28)(H,25,27);2*1H. The van der Waals surface area contributed by atoms with Crippen molar-refractivity contribution in [3.8, 4) is 0 Å². The third-order valence-electron chi connectivity index (χ3n) is 5.76. The summed E-state index contributed by atoms with van der Waals surface area (Å²) in [5.74, 6) is -0.510. The summed E-state index contributed by atoms with van der Waals surface area (Å²) in [6, 6.07) is 5.77. The molecule has 0 unspecified atom stereocenters. The van der Waals surface area contributed by atoms with E-state index in [9.17, 15) is 14.4 Å². The minimum absolute atomic E-state index is 0. The van der Waals surface area contributed by atoms with Gasteiger partial charge >= 0.3 is 0 Å². The van der Waals surface area contributed by atoms with Crippen LogP contribution in [0.15, 0.2) is 29.2 Å². The van der Waals surface area contributed by atoms with E-state index >= 15 is 0 Å². The molecule has 2 aliphatic heterocycles. The van der Waals surface area contributed by atoms with Gasteiger partial charge < -0.3 is 20.5 Å². The molecule has 3 heterocycles. The largest absolute Gasteiger partial charge is 0.324 e. The maximum Gasteiger partial charge on any atom is 0.263 e. The lowest BCUT2D eigenvalue weighted by molar-refractivity contribution is -0.116. The van der Waals surface area contributed by atoms with E-state index in [1.165, 1.54) is 0 Å². The molecule has 0 spiro atoms. The van der Waals surface area contributed by atoms with Crippen LogP contribution in [0.3, 0.4) is 0 Å².